The van der Waals surface area contributed by atoms with E-state index in [4.69, 9.17) is 27.9 Å². The van der Waals surface area contributed by atoms with Crippen LogP contribution >= 0.6 is 61.7 Å². The second kappa shape index (κ2) is 10.7. The summed E-state index contributed by atoms with van der Waals surface area (Å²) in [6.07, 6.45) is 1.45. The molecule has 35 heavy (non-hydrogen) atoms. The molecule has 0 atom stereocenters. The summed E-state index contributed by atoms with van der Waals surface area (Å²) in [6, 6.07) is 14.8. The van der Waals surface area contributed by atoms with E-state index in [0.29, 0.717) is 27.0 Å². The smallest absolute Gasteiger partial charge is 0.335 e. The molecule has 0 aromatic heterocycles. The number of benzene rings is 3. The number of amides is 4. The van der Waals surface area contributed by atoms with Crippen LogP contribution in [0.3, 0.4) is 0 Å². The molecule has 4 rings (SSSR count). The fourth-order valence-corrected chi connectivity index (χ4v) is 4.60. The van der Waals surface area contributed by atoms with Crippen molar-refractivity contribution in [3.8, 4) is 5.75 Å². The Kier molecular flexibility index (Phi) is 7.85. The summed E-state index contributed by atoms with van der Waals surface area (Å²) in [7, 11) is 0. The van der Waals surface area contributed by atoms with Gasteiger partial charge in [-0.05, 0) is 94.7 Å². The van der Waals surface area contributed by atoms with E-state index in [9.17, 15) is 14.4 Å². The van der Waals surface area contributed by atoms with Crippen LogP contribution in [0.5, 0.6) is 5.75 Å². The lowest BCUT2D eigenvalue weighted by atomic mass is 10.1. The lowest BCUT2D eigenvalue weighted by Crippen LogP contribution is -2.54. The average molecular weight is 686 g/mol. The number of barbiturate groups is 1. The number of nitrogens with one attached hydrogen (secondary N) is 1. The lowest BCUT2D eigenvalue weighted by Gasteiger charge is -2.26. The maximum atomic E-state index is 13.1. The van der Waals surface area contributed by atoms with Crippen LogP contribution in [0.2, 0.25) is 10.0 Å². The summed E-state index contributed by atoms with van der Waals surface area (Å²) < 4.78 is 7.50. The SMILES string of the molecule is Cc1cc(N2C(=O)NC(=O)/C(=C\c3ccc(OCc4ccc(Cl)c(Cl)c4)c(I)c3)C2=O)ccc1Br. The van der Waals surface area contributed by atoms with Gasteiger partial charge in [0.05, 0.1) is 19.3 Å². The largest absolute Gasteiger partial charge is 0.488 e. The first-order valence-electron chi connectivity index (χ1n) is 10.2. The maximum absolute atomic E-state index is 13.1. The van der Waals surface area contributed by atoms with E-state index >= 15 is 0 Å². The number of halogens is 4. The number of imide groups is 2. The van der Waals surface area contributed by atoms with Crippen LogP contribution in [-0.4, -0.2) is 17.8 Å². The van der Waals surface area contributed by atoms with Crippen molar-refractivity contribution in [3.63, 3.8) is 0 Å². The fraction of sp³-hybridized carbons (Fsp3) is 0.0800. The minimum atomic E-state index is -0.792. The van der Waals surface area contributed by atoms with Crippen LogP contribution in [-0.2, 0) is 16.2 Å². The standard InChI is InChI=1S/C25H16BrCl2IN2O4/c1-13-8-16(4-5-18(13)26)31-24(33)17(23(32)30-25(31)34)9-14-3-7-22(21(29)11-14)35-12-15-2-6-19(27)20(28)10-15/h2-11H,12H2,1H3,(H,30,32,34)/b17-9+. The van der Waals surface area contributed by atoms with E-state index in [1.54, 1.807) is 48.5 Å². The van der Waals surface area contributed by atoms with Crippen LogP contribution in [0.1, 0.15) is 16.7 Å². The molecule has 1 aliphatic heterocycles. The van der Waals surface area contributed by atoms with Gasteiger partial charge in [0.25, 0.3) is 11.8 Å². The number of urea groups is 1. The Morgan fingerprint density at radius 2 is 1.80 bits per heavy atom. The van der Waals surface area contributed by atoms with Crippen molar-refractivity contribution in [1.29, 1.82) is 0 Å². The molecular weight excluding hydrogens is 670 g/mol. The van der Waals surface area contributed by atoms with Gasteiger partial charge in [0.1, 0.15) is 17.9 Å². The highest BCUT2D eigenvalue weighted by molar-refractivity contribution is 14.1. The topological polar surface area (TPSA) is 75.7 Å². The van der Waals surface area contributed by atoms with Gasteiger partial charge in [-0.15, -0.1) is 0 Å². The molecule has 10 heteroatoms. The molecule has 0 spiro atoms. The number of hydrogen-bond acceptors (Lipinski definition) is 4. The summed E-state index contributed by atoms with van der Waals surface area (Å²) in [5, 5.41) is 3.16. The fourth-order valence-electron chi connectivity index (χ4n) is 3.34. The Balaban J connectivity index is 1.56. The molecular formula is C25H16BrCl2IN2O4. The minimum Gasteiger partial charge on any atom is -0.488 e. The first-order chi connectivity index (χ1) is 16.6. The first kappa shape index (κ1) is 25.7. The molecule has 0 radical (unpaired) electrons. The zero-order valence-electron chi connectivity index (χ0n) is 18.1. The molecule has 4 amide bonds. The zero-order valence-corrected chi connectivity index (χ0v) is 23.3. The van der Waals surface area contributed by atoms with E-state index in [-0.39, 0.29) is 12.2 Å². The van der Waals surface area contributed by atoms with Gasteiger partial charge < -0.3 is 4.74 Å². The summed E-state index contributed by atoms with van der Waals surface area (Å²) in [5.74, 6) is -0.823. The molecule has 0 unspecified atom stereocenters. The van der Waals surface area contributed by atoms with Gasteiger partial charge in [-0.25, -0.2) is 9.69 Å². The predicted octanol–water partition coefficient (Wildman–Crippen LogP) is 6.91. The Morgan fingerprint density at radius 1 is 1.03 bits per heavy atom. The second-order valence-corrected chi connectivity index (χ2v) is 10.4. The number of rotatable bonds is 5. The van der Waals surface area contributed by atoms with Crippen LogP contribution in [0.4, 0.5) is 10.5 Å². The van der Waals surface area contributed by atoms with Crippen molar-refractivity contribution < 1.29 is 19.1 Å². The number of aryl methyl sites for hydroxylation is 1. The molecule has 1 N–H and O–H groups in total. The molecule has 3 aromatic carbocycles. The first-order valence-corrected chi connectivity index (χ1v) is 12.8. The maximum Gasteiger partial charge on any atom is 0.335 e. The van der Waals surface area contributed by atoms with Gasteiger partial charge in [-0.3, -0.25) is 14.9 Å². The Labute approximate surface area is 233 Å². The van der Waals surface area contributed by atoms with Gasteiger partial charge in [-0.1, -0.05) is 51.3 Å². The van der Waals surface area contributed by atoms with Crippen molar-refractivity contribution in [1.82, 2.24) is 5.32 Å². The Hall–Kier alpha value is -2.40. The minimum absolute atomic E-state index is 0.148. The van der Waals surface area contributed by atoms with Crippen molar-refractivity contribution >= 4 is 91.3 Å². The number of carbonyl (C=O) groups is 3. The van der Waals surface area contributed by atoms with Crippen molar-refractivity contribution in [2.24, 2.45) is 0 Å². The zero-order chi connectivity index (χ0) is 25.3. The summed E-state index contributed by atoms with van der Waals surface area (Å²) in [4.78, 5) is 39.0. The Bertz CT molecular complexity index is 1410. The van der Waals surface area contributed by atoms with E-state index in [0.717, 1.165) is 24.1 Å². The third-order valence-corrected chi connectivity index (χ3v) is 7.62. The van der Waals surface area contributed by atoms with E-state index < -0.39 is 17.8 Å². The molecule has 3 aromatic rings. The van der Waals surface area contributed by atoms with Crippen LogP contribution < -0.4 is 15.0 Å². The summed E-state index contributed by atoms with van der Waals surface area (Å²) in [6.45, 7) is 2.13. The molecule has 1 saturated heterocycles. The molecule has 0 saturated carbocycles. The highest BCUT2D eigenvalue weighted by Crippen LogP contribution is 2.29. The molecule has 1 heterocycles. The molecule has 6 nitrogen and oxygen atoms in total. The van der Waals surface area contributed by atoms with Crippen LogP contribution in [0, 0.1) is 10.5 Å². The quantitative estimate of drug-likeness (QED) is 0.180. The molecule has 0 bridgehead atoms. The number of nitrogens with zero attached hydrogens (tertiary/aromatic N) is 1. The van der Waals surface area contributed by atoms with Crippen molar-refractivity contribution in [2.75, 3.05) is 4.90 Å². The average Bonchev–Trinajstić information content (AvgIpc) is 2.80. The summed E-state index contributed by atoms with van der Waals surface area (Å²) in [5.41, 5.74) is 2.53. The number of anilines is 1. The van der Waals surface area contributed by atoms with Gasteiger partial charge in [-0.2, -0.15) is 0 Å². The third kappa shape index (κ3) is 5.72. The number of carbonyl (C=O) groups excluding carboxylic acids is 3. The monoisotopic (exact) mass is 684 g/mol. The molecule has 1 aliphatic rings. The third-order valence-electron chi connectivity index (χ3n) is 5.15. The molecule has 0 aliphatic carbocycles. The lowest BCUT2D eigenvalue weighted by molar-refractivity contribution is -0.122. The van der Waals surface area contributed by atoms with Crippen molar-refractivity contribution in [3.05, 3.63) is 94.9 Å². The van der Waals surface area contributed by atoms with E-state index in [1.807, 2.05) is 13.0 Å². The highest BCUT2D eigenvalue weighted by Gasteiger charge is 2.36. The highest BCUT2D eigenvalue weighted by atomic mass is 127. The van der Waals surface area contributed by atoms with E-state index in [1.165, 1.54) is 6.08 Å². The van der Waals surface area contributed by atoms with Crippen molar-refractivity contribution in [2.45, 2.75) is 13.5 Å². The normalized spacial score (nSPS) is 14.9. The van der Waals surface area contributed by atoms with Gasteiger partial charge in [0.2, 0.25) is 0 Å². The molecule has 178 valence electrons. The van der Waals surface area contributed by atoms with Gasteiger partial charge in [0.15, 0.2) is 0 Å². The number of hydrogen-bond donors (Lipinski definition) is 1. The number of ether oxygens (including phenoxy) is 1. The molecule has 1 fully saturated rings. The van der Waals surface area contributed by atoms with E-state index in [2.05, 4.69) is 43.8 Å². The summed E-state index contributed by atoms with van der Waals surface area (Å²) >= 11 is 17.5. The predicted molar refractivity (Wildman–Crippen MR) is 148 cm³/mol. The van der Waals surface area contributed by atoms with Gasteiger partial charge >= 0.3 is 6.03 Å². The second-order valence-electron chi connectivity index (χ2n) is 7.62. The van der Waals surface area contributed by atoms with Gasteiger partial charge in [0, 0.05) is 4.47 Å². The van der Waals surface area contributed by atoms with Crippen LogP contribution in [0.15, 0.2) is 64.6 Å². The Morgan fingerprint density at radius 3 is 2.49 bits per heavy atom. The van der Waals surface area contributed by atoms with Crippen LogP contribution in [0.25, 0.3) is 6.08 Å².